The van der Waals surface area contributed by atoms with Crippen LogP contribution >= 0.6 is 0 Å². The number of aryl methyl sites for hydroxylation is 1. The van der Waals surface area contributed by atoms with Crippen molar-refractivity contribution < 1.29 is 14.4 Å². The van der Waals surface area contributed by atoms with Gasteiger partial charge in [0.1, 0.15) is 5.75 Å². The van der Waals surface area contributed by atoms with Crippen LogP contribution < -0.4 is 9.64 Å². The van der Waals surface area contributed by atoms with E-state index in [1.807, 2.05) is 18.2 Å². The highest BCUT2D eigenvalue weighted by atomic mass is 16.6. The maximum atomic E-state index is 10.8. The zero-order valence-electron chi connectivity index (χ0n) is 14.8. The van der Waals surface area contributed by atoms with Crippen LogP contribution in [0.15, 0.2) is 41.4 Å². The molecule has 0 saturated carbocycles. The largest absolute Gasteiger partial charge is 0.496 e. The fourth-order valence-electron chi connectivity index (χ4n) is 2.86. The number of nitrogens with zero attached hydrogens (tertiary/aromatic N) is 3. The monoisotopic (exact) mass is 355 g/mol. The lowest BCUT2D eigenvalue weighted by Crippen LogP contribution is -2.36. The molecule has 1 aliphatic rings. The van der Waals surface area contributed by atoms with Crippen LogP contribution in [0.2, 0.25) is 0 Å². The van der Waals surface area contributed by atoms with Gasteiger partial charge in [-0.15, -0.1) is 0 Å². The molecule has 1 fully saturated rings. The summed E-state index contributed by atoms with van der Waals surface area (Å²) in [4.78, 5) is 17.1. The number of methoxy groups -OCH3 is 1. The lowest BCUT2D eigenvalue weighted by molar-refractivity contribution is -0.384. The third-order valence-electron chi connectivity index (χ3n) is 4.33. The summed E-state index contributed by atoms with van der Waals surface area (Å²) < 4.78 is 10.9. The summed E-state index contributed by atoms with van der Waals surface area (Å²) in [6.07, 6.45) is 1.72. The van der Waals surface area contributed by atoms with Crippen molar-refractivity contribution in [2.75, 3.05) is 38.3 Å². The third-order valence-corrected chi connectivity index (χ3v) is 4.33. The molecule has 7 nitrogen and oxygen atoms in total. The van der Waals surface area contributed by atoms with Crippen molar-refractivity contribution in [1.82, 2.24) is 0 Å². The van der Waals surface area contributed by atoms with Crippen LogP contribution in [-0.2, 0) is 4.74 Å². The summed E-state index contributed by atoms with van der Waals surface area (Å²) in [7, 11) is 1.63. The Kier molecular flexibility index (Phi) is 5.48. The van der Waals surface area contributed by atoms with E-state index in [-0.39, 0.29) is 5.69 Å². The number of anilines is 1. The van der Waals surface area contributed by atoms with Gasteiger partial charge in [-0.25, -0.2) is 0 Å². The molecule has 136 valence electrons. The highest BCUT2D eigenvalue weighted by Gasteiger charge is 2.13. The highest BCUT2D eigenvalue weighted by Crippen LogP contribution is 2.27. The Morgan fingerprint density at radius 2 is 2.00 bits per heavy atom. The van der Waals surface area contributed by atoms with Crippen LogP contribution in [0, 0.1) is 17.0 Å². The van der Waals surface area contributed by atoms with Crippen LogP contribution in [0.5, 0.6) is 5.75 Å². The molecular weight excluding hydrogens is 334 g/mol. The van der Waals surface area contributed by atoms with E-state index in [1.54, 1.807) is 26.3 Å². The standard InChI is InChI=1S/C19H21N3O4/c1-14-11-17(22(23)24)5-6-18(14)20-13-15-3-4-16(12-19(15)25-2)21-7-9-26-10-8-21/h3-6,11-13H,7-10H2,1-2H3. The molecule has 0 aromatic heterocycles. The van der Waals surface area contributed by atoms with Crippen LogP contribution in [0.1, 0.15) is 11.1 Å². The lowest BCUT2D eigenvalue weighted by atomic mass is 10.1. The van der Waals surface area contributed by atoms with Gasteiger partial charge in [0.2, 0.25) is 0 Å². The molecule has 2 aromatic rings. The SMILES string of the molecule is COc1cc(N2CCOCC2)ccc1C=Nc1ccc([N+](=O)[O-])cc1C. The van der Waals surface area contributed by atoms with E-state index in [0.717, 1.165) is 48.9 Å². The van der Waals surface area contributed by atoms with Crippen LogP contribution in [-0.4, -0.2) is 44.6 Å². The molecule has 2 aromatic carbocycles. The lowest BCUT2D eigenvalue weighted by Gasteiger charge is -2.29. The van der Waals surface area contributed by atoms with Gasteiger partial charge in [0.15, 0.2) is 0 Å². The van der Waals surface area contributed by atoms with Gasteiger partial charge in [0.05, 0.1) is 30.9 Å². The van der Waals surface area contributed by atoms with E-state index in [1.165, 1.54) is 12.1 Å². The predicted molar refractivity (Wildman–Crippen MR) is 101 cm³/mol. The summed E-state index contributed by atoms with van der Waals surface area (Å²) in [5.74, 6) is 0.734. The maximum Gasteiger partial charge on any atom is 0.269 e. The first-order valence-corrected chi connectivity index (χ1v) is 8.38. The van der Waals surface area contributed by atoms with E-state index in [2.05, 4.69) is 9.89 Å². The van der Waals surface area contributed by atoms with Crippen molar-refractivity contribution in [3.63, 3.8) is 0 Å². The Bertz CT molecular complexity index is 830. The number of aliphatic imine (C=N–C) groups is 1. The number of benzene rings is 2. The Labute approximate surface area is 152 Å². The number of nitro benzene ring substituents is 1. The molecule has 0 bridgehead atoms. The maximum absolute atomic E-state index is 10.8. The fraction of sp³-hybridized carbons (Fsp3) is 0.316. The summed E-state index contributed by atoms with van der Waals surface area (Å²) in [5.41, 5.74) is 3.44. The minimum atomic E-state index is -0.409. The van der Waals surface area contributed by atoms with Gasteiger partial charge in [-0.05, 0) is 30.7 Å². The second kappa shape index (κ2) is 7.97. The van der Waals surface area contributed by atoms with Crippen molar-refractivity contribution >= 4 is 23.3 Å². The number of rotatable bonds is 5. The van der Waals surface area contributed by atoms with Gasteiger partial charge in [-0.1, -0.05) is 0 Å². The molecule has 1 saturated heterocycles. The zero-order valence-corrected chi connectivity index (χ0v) is 14.8. The fourth-order valence-corrected chi connectivity index (χ4v) is 2.86. The van der Waals surface area contributed by atoms with Crippen LogP contribution in [0.4, 0.5) is 17.1 Å². The van der Waals surface area contributed by atoms with Crippen molar-refractivity contribution in [3.05, 3.63) is 57.6 Å². The van der Waals surface area contributed by atoms with Crippen molar-refractivity contribution in [1.29, 1.82) is 0 Å². The van der Waals surface area contributed by atoms with Crippen LogP contribution in [0.3, 0.4) is 0 Å². The zero-order chi connectivity index (χ0) is 18.5. The number of morpholine rings is 1. The molecule has 0 N–H and O–H groups in total. The van der Waals surface area contributed by atoms with Gasteiger partial charge in [-0.3, -0.25) is 15.1 Å². The topological polar surface area (TPSA) is 77.2 Å². The molecule has 0 aliphatic carbocycles. The third kappa shape index (κ3) is 4.00. The molecule has 0 atom stereocenters. The Balaban J connectivity index is 1.82. The quantitative estimate of drug-likeness (QED) is 0.466. The summed E-state index contributed by atoms with van der Waals surface area (Å²) in [6, 6.07) is 10.6. The van der Waals surface area contributed by atoms with Crippen molar-refractivity contribution in [3.8, 4) is 5.75 Å². The molecule has 0 amide bonds. The minimum Gasteiger partial charge on any atom is -0.496 e. The Hall–Kier alpha value is -2.93. The second-order valence-electron chi connectivity index (χ2n) is 6.01. The first-order valence-electron chi connectivity index (χ1n) is 8.38. The van der Waals surface area contributed by atoms with Gasteiger partial charge >= 0.3 is 0 Å². The van der Waals surface area contributed by atoms with Crippen LogP contribution in [0.25, 0.3) is 0 Å². The number of hydrogen-bond donors (Lipinski definition) is 0. The molecular formula is C19H21N3O4. The van der Waals surface area contributed by atoms with E-state index >= 15 is 0 Å². The normalized spacial score (nSPS) is 14.6. The molecule has 7 heteroatoms. The Morgan fingerprint density at radius 1 is 1.23 bits per heavy atom. The number of nitro groups is 1. The first-order chi connectivity index (χ1) is 12.6. The molecule has 1 heterocycles. The smallest absolute Gasteiger partial charge is 0.269 e. The van der Waals surface area contributed by atoms with Gasteiger partial charge < -0.3 is 14.4 Å². The average molecular weight is 355 g/mol. The predicted octanol–water partition coefficient (Wildman–Crippen LogP) is 3.50. The first kappa shape index (κ1) is 17.9. The summed E-state index contributed by atoms with van der Waals surface area (Å²) in [5, 5.41) is 10.8. The summed E-state index contributed by atoms with van der Waals surface area (Å²) >= 11 is 0. The molecule has 3 rings (SSSR count). The van der Waals surface area contributed by atoms with E-state index in [4.69, 9.17) is 9.47 Å². The Morgan fingerprint density at radius 3 is 2.65 bits per heavy atom. The molecule has 0 spiro atoms. The van der Waals surface area contributed by atoms with Gasteiger partial charge in [0, 0.05) is 48.8 Å². The molecule has 1 aliphatic heterocycles. The second-order valence-corrected chi connectivity index (χ2v) is 6.01. The molecule has 0 unspecified atom stereocenters. The minimum absolute atomic E-state index is 0.0638. The summed E-state index contributed by atoms with van der Waals surface area (Å²) in [6.45, 7) is 4.98. The van der Waals surface area contributed by atoms with E-state index in [0.29, 0.717) is 5.69 Å². The molecule has 0 radical (unpaired) electrons. The number of hydrogen-bond acceptors (Lipinski definition) is 6. The van der Waals surface area contributed by atoms with Crippen molar-refractivity contribution in [2.45, 2.75) is 6.92 Å². The average Bonchev–Trinajstić information content (AvgIpc) is 2.67. The highest BCUT2D eigenvalue weighted by molar-refractivity contribution is 5.87. The van der Waals surface area contributed by atoms with Crippen molar-refractivity contribution in [2.24, 2.45) is 4.99 Å². The van der Waals surface area contributed by atoms with E-state index < -0.39 is 4.92 Å². The number of ether oxygens (including phenoxy) is 2. The molecule has 26 heavy (non-hydrogen) atoms. The van der Waals surface area contributed by atoms with Gasteiger partial charge in [0.25, 0.3) is 5.69 Å². The van der Waals surface area contributed by atoms with Gasteiger partial charge in [-0.2, -0.15) is 0 Å². The van der Waals surface area contributed by atoms with E-state index in [9.17, 15) is 10.1 Å². The number of non-ortho nitro benzene ring substituents is 1.